The first-order chi connectivity index (χ1) is 25.0. The van der Waals surface area contributed by atoms with Crippen molar-refractivity contribution in [1.29, 1.82) is 0 Å². The number of hydrogen-bond acceptors (Lipinski definition) is 1. The Morgan fingerprint density at radius 1 is 0.490 bits per heavy atom. The van der Waals surface area contributed by atoms with Gasteiger partial charge in [-0.3, -0.25) is 0 Å². The average Bonchev–Trinajstić information content (AvgIpc) is 3.17. The highest BCUT2D eigenvalue weighted by molar-refractivity contribution is 5.68. The quantitative estimate of drug-likeness (QED) is 0.178. The van der Waals surface area contributed by atoms with Crippen LogP contribution in [0.4, 0.5) is 8.78 Å². The first kappa shape index (κ1) is 38.5. The van der Waals surface area contributed by atoms with Crippen LogP contribution in [0.2, 0.25) is 0 Å². The highest BCUT2D eigenvalue weighted by Crippen LogP contribution is 2.46. The lowest BCUT2D eigenvalue weighted by molar-refractivity contribution is 0.153. The Hall–Kier alpha value is -2.26. The van der Waals surface area contributed by atoms with E-state index in [1.54, 1.807) is 24.3 Å². The number of halogens is 2. The molecule has 0 radical (unpaired) electrons. The van der Waals surface area contributed by atoms with Crippen molar-refractivity contribution >= 4 is 11.1 Å². The molecule has 1 nitrogen and oxygen atoms in total. The zero-order valence-corrected chi connectivity index (χ0v) is 32.1. The largest absolute Gasteiger partial charge is 0.373 e. The van der Waals surface area contributed by atoms with Gasteiger partial charge in [0.05, 0.1) is 13.2 Å². The molecule has 0 unspecified atom stereocenters. The van der Waals surface area contributed by atoms with Crippen LogP contribution in [-0.2, 0) is 4.74 Å². The lowest BCUT2D eigenvalue weighted by Gasteiger charge is -2.38. The van der Waals surface area contributed by atoms with Gasteiger partial charge < -0.3 is 4.74 Å². The van der Waals surface area contributed by atoms with Crippen LogP contribution in [-0.4, -0.2) is 13.2 Å². The Balaban J connectivity index is 1.06. The fourth-order valence-corrected chi connectivity index (χ4v) is 11.2. The van der Waals surface area contributed by atoms with Crippen LogP contribution in [0.3, 0.4) is 0 Å². The van der Waals surface area contributed by atoms with Gasteiger partial charge in [0, 0.05) is 0 Å². The van der Waals surface area contributed by atoms with E-state index in [0.29, 0.717) is 25.0 Å². The van der Waals surface area contributed by atoms with E-state index in [-0.39, 0.29) is 11.6 Å². The van der Waals surface area contributed by atoms with Crippen molar-refractivity contribution in [3.05, 3.63) is 83.4 Å². The van der Waals surface area contributed by atoms with Gasteiger partial charge in [-0.05, 0) is 171 Å². The van der Waals surface area contributed by atoms with Crippen LogP contribution < -0.4 is 0 Å². The SMILES string of the molecule is CCCC1CCC(C2CCC(C(=CCOCC=C(c3ccc(F)cc3)C3CCC(C4CCC(CCC)CC4)CC3)c3ccc(F)cc3)CC2)CC1. The maximum absolute atomic E-state index is 14.0. The van der Waals surface area contributed by atoms with Gasteiger partial charge in [0.15, 0.2) is 0 Å². The second-order valence-corrected chi connectivity index (χ2v) is 17.2. The molecule has 0 aliphatic heterocycles. The molecule has 3 heteroatoms. The van der Waals surface area contributed by atoms with Gasteiger partial charge in [-0.25, -0.2) is 8.78 Å². The third kappa shape index (κ3) is 10.9. The van der Waals surface area contributed by atoms with Crippen molar-refractivity contribution in [3.8, 4) is 0 Å². The Bertz CT molecular complexity index is 1240. The number of rotatable bonds is 14. The summed E-state index contributed by atoms with van der Waals surface area (Å²) in [6.07, 6.45) is 31.7. The van der Waals surface area contributed by atoms with Gasteiger partial charge in [-0.15, -0.1) is 0 Å². The third-order valence-corrected chi connectivity index (χ3v) is 14.1. The molecule has 0 heterocycles. The normalized spacial score (nSPS) is 31.1. The van der Waals surface area contributed by atoms with Crippen LogP contribution >= 0.6 is 0 Å². The van der Waals surface area contributed by atoms with Gasteiger partial charge in [-0.2, -0.15) is 0 Å². The third-order valence-electron chi connectivity index (χ3n) is 14.1. The van der Waals surface area contributed by atoms with Crippen molar-refractivity contribution in [2.45, 2.75) is 142 Å². The van der Waals surface area contributed by atoms with E-state index < -0.39 is 0 Å². The van der Waals surface area contributed by atoms with Gasteiger partial charge in [0.25, 0.3) is 0 Å². The Morgan fingerprint density at radius 2 is 0.804 bits per heavy atom. The molecule has 4 aliphatic carbocycles. The molecule has 6 rings (SSSR count). The van der Waals surface area contributed by atoms with Gasteiger partial charge >= 0.3 is 0 Å². The predicted molar refractivity (Wildman–Crippen MR) is 211 cm³/mol. The maximum atomic E-state index is 14.0. The number of benzene rings is 2. The molecule has 0 spiro atoms. The lowest BCUT2D eigenvalue weighted by atomic mass is 9.67. The zero-order chi connectivity index (χ0) is 35.4. The van der Waals surface area contributed by atoms with Crippen LogP contribution in [0.25, 0.3) is 11.1 Å². The van der Waals surface area contributed by atoms with Crippen LogP contribution in [0.15, 0.2) is 60.7 Å². The van der Waals surface area contributed by atoms with Crippen LogP contribution in [0, 0.1) is 59.0 Å². The van der Waals surface area contributed by atoms with Crippen molar-refractivity contribution in [2.24, 2.45) is 47.3 Å². The number of ether oxygens (including phenoxy) is 1. The first-order valence-electron chi connectivity index (χ1n) is 21.5. The highest BCUT2D eigenvalue weighted by atomic mass is 19.1. The minimum Gasteiger partial charge on any atom is -0.373 e. The molecular formula is C48H68F2O. The molecular weight excluding hydrogens is 631 g/mol. The highest BCUT2D eigenvalue weighted by Gasteiger charge is 2.33. The van der Waals surface area contributed by atoms with E-state index in [0.717, 1.165) is 46.6 Å². The molecule has 4 aliphatic rings. The molecule has 0 N–H and O–H groups in total. The van der Waals surface area contributed by atoms with Gasteiger partial charge in [0.1, 0.15) is 11.6 Å². The van der Waals surface area contributed by atoms with Crippen molar-refractivity contribution in [2.75, 3.05) is 13.2 Å². The van der Waals surface area contributed by atoms with Gasteiger partial charge in [0.2, 0.25) is 0 Å². The van der Waals surface area contributed by atoms with E-state index in [1.165, 1.54) is 140 Å². The summed E-state index contributed by atoms with van der Waals surface area (Å²) in [5.74, 6) is 6.19. The lowest BCUT2D eigenvalue weighted by Crippen LogP contribution is -2.26. The number of hydrogen-bond donors (Lipinski definition) is 0. The van der Waals surface area contributed by atoms with E-state index >= 15 is 0 Å². The summed E-state index contributed by atoms with van der Waals surface area (Å²) >= 11 is 0. The Labute approximate surface area is 310 Å². The monoisotopic (exact) mass is 699 g/mol. The fraction of sp³-hybridized carbons (Fsp3) is 0.667. The second kappa shape index (κ2) is 19.7. The standard InChI is InChI=1S/C48H68F2O/c1-3-5-35-7-11-37(12-8-35)39-15-19-41(20-16-39)47(43-23-27-45(49)28-24-43)31-33-51-34-32-48(44-25-29-46(50)30-26-44)42-21-17-40(18-22-42)38-13-9-36(6-4-2)10-14-38/h23-32,35-42H,3-22,33-34H2,1-2H3. The van der Waals surface area contributed by atoms with E-state index in [1.807, 2.05) is 24.3 Å². The summed E-state index contributed by atoms with van der Waals surface area (Å²) < 4.78 is 34.3. The first-order valence-corrected chi connectivity index (χ1v) is 21.5. The predicted octanol–water partition coefficient (Wildman–Crippen LogP) is 14.3. The molecule has 280 valence electrons. The molecule has 2 aromatic rings. The van der Waals surface area contributed by atoms with E-state index in [9.17, 15) is 8.78 Å². The molecule has 0 bridgehead atoms. The molecule has 4 saturated carbocycles. The molecule has 0 atom stereocenters. The summed E-state index contributed by atoms with van der Waals surface area (Å²) in [7, 11) is 0. The van der Waals surface area contributed by atoms with E-state index in [2.05, 4.69) is 26.0 Å². The van der Waals surface area contributed by atoms with Crippen LogP contribution in [0.5, 0.6) is 0 Å². The summed E-state index contributed by atoms with van der Waals surface area (Å²) in [4.78, 5) is 0. The smallest absolute Gasteiger partial charge is 0.123 e. The zero-order valence-electron chi connectivity index (χ0n) is 32.1. The maximum Gasteiger partial charge on any atom is 0.123 e. The van der Waals surface area contributed by atoms with Gasteiger partial charge in [-0.1, -0.05) is 102 Å². The molecule has 51 heavy (non-hydrogen) atoms. The van der Waals surface area contributed by atoms with Crippen molar-refractivity contribution < 1.29 is 13.5 Å². The minimum absolute atomic E-state index is 0.177. The molecule has 0 aromatic heterocycles. The Kier molecular flexibility index (Phi) is 14.9. The number of allylic oxidation sites excluding steroid dienone is 2. The molecule has 0 saturated heterocycles. The molecule has 0 amide bonds. The Morgan fingerprint density at radius 3 is 1.12 bits per heavy atom. The average molecular weight is 699 g/mol. The summed E-state index contributed by atoms with van der Waals surface area (Å²) in [5.41, 5.74) is 4.96. The van der Waals surface area contributed by atoms with Crippen LogP contribution in [0.1, 0.15) is 153 Å². The summed E-state index contributed by atoms with van der Waals surface area (Å²) in [6.45, 7) is 5.76. The van der Waals surface area contributed by atoms with Crippen molar-refractivity contribution in [1.82, 2.24) is 0 Å². The molecule has 4 fully saturated rings. The second-order valence-electron chi connectivity index (χ2n) is 17.2. The topological polar surface area (TPSA) is 9.23 Å². The minimum atomic E-state index is -0.177. The summed E-state index contributed by atoms with van der Waals surface area (Å²) in [5, 5.41) is 0. The molecule has 2 aromatic carbocycles. The summed E-state index contributed by atoms with van der Waals surface area (Å²) in [6, 6.07) is 14.3. The van der Waals surface area contributed by atoms with E-state index in [4.69, 9.17) is 4.74 Å². The fourth-order valence-electron chi connectivity index (χ4n) is 11.2. The van der Waals surface area contributed by atoms with Crippen molar-refractivity contribution in [3.63, 3.8) is 0 Å².